The van der Waals surface area contributed by atoms with E-state index in [-0.39, 0.29) is 18.3 Å². The van der Waals surface area contributed by atoms with Crippen molar-refractivity contribution in [3.8, 4) is 5.75 Å². The van der Waals surface area contributed by atoms with Crippen LogP contribution in [-0.4, -0.2) is 32.1 Å². The lowest BCUT2D eigenvalue weighted by atomic mass is 10.1. The maximum Gasteiger partial charge on any atom is 0.224 e. The van der Waals surface area contributed by atoms with Gasteiger partial charge in [0.15, 0.2) is 0 Å². The number of carbonyl (C=O) groups is 1. The maximum atomic E-state index is 11.8. The van der Waals surface area contributed by atoms with Crippen molar-refractivity contribution in [3.05, 3.63) is 29.8 Å². The molecule has 0 aliphatic carbocycles. The Hall–Kier alpha value is -1.26. The molecule has 0 radical (unpaired) electrons. The summed E-state index contributed by atoms with van der Waals surface area (Å²) in [5, 5.41) is 6.40. The lowest BCUT2D eigenvalue weighted by Crippen LogP contribution is -2.31. The quantitative estimate of drug-likeness (QED) is 0.843. The third-order valence-electron chi connectivity index (χ3n) is 3.48. The topological polar surface area (TPSA) is 50.4 Å². The number of halogens is 1. The third kappa shape index (κ3) is 5.39. The normalized spacial score (nSPS) is 17.4. The van der Waals surface area contributed by atoms with E-state index in [9.17, 15) is 4.79 Å². The molecule has 5 heteroatoms. The summed E-state index contributed by atoms with van der Waals surface area (Å²) >= 11 is 0. The highest BCUT2D eigenvalue weighted by atomic mass is 35.5. The smallest absolute Gasteiger partial charge is 0.224 e. The molecular weight excluding hydrogens is 276 g/mol. The fourth-order valence-corrected chi connectivity index (χ4v) is 2.42. The molecular formula is C15H23ClN2O2. The van der Waals surface area contributed by atoms with Gasteiger partial charge in [-0.3, -0.25) is 4.79 Å². The van der Waals surface area contributed by atoms with Gasteiger partial charge in [-0.15, -0.1) is 12.4 Å². The molecule has 2 N–H and O–H groups in total. The first-order chi connectivity index (χ1) is 9.28. The van der Waals surface area contributed by atoms with Gasteiger partial charge < -0.3 is 15.4 Å². The zero-order valence-corrected chi connectivity index (χ0v) is 12.7. The van der Waals surface area contributed by atoms with Crippen molar-refractivity contribution in [1.29, 1.82) is 0 Å². The van der Waals surface area contributed by atoms with Crippen LogP contribution in [-0.2, 0) is 11.2 Å². The van der Waals surface area contributed by atoms with Crippen molar-refractivity contribution in [2.75, 3.05) is 20.2 Å². The predicted molar refractivity (Wildman–Crippen MR) is 82.6 cm³/mol. The highest BCUT2D eigenvalue weighted by Crippen LogP contribution is 2.13. The average Bonchev–Trinajstić information content (AvgIpc) is 2.92. The highest BCUT2D eigenvalue weighted by Gasteiger charge is 2.13. The van der Waals surface area contributed by atoms with Crippen LogP contribution in [0.2, 0.25) is 0 Å². The van der Waals surface area contributed by atoms with E-state index in [0.717, 1.165) is 30.8 Å². The Morgan fingerprint density at radius 2 is 2.35 bits per heavy atom. The molecule has 0 unspecified atom stereocenters. The summed E-state index contributed by atoms with van der Waals surface area (Å²) < 4.78 is 5.15. The zero-order valence-electron chi connectivity index (χ0n) is 11.9. The van der Waals surface area contributed by atoms with Gasteiger partial charge in [-0.05, 0) is 43.5 Å². The number of ether oxygens (including phenoxy) is 1. The van der Waals surface area contributed by atoms with Gasteiger partial charge in [-0.25, -0.2) is 0 Å². The second-order valence-corrected chi connectivity index (χ2v) is 4.96. The van der Waals surface area contributed by atoms with Crippen LogP contribution in [0.3, 0.4) is 0 Å². The minimum Gasteiger partial charge on any atom is -0.497 e. The van der Waals surface area contributed by atoms with Gasteiger partial charge in [-0.2, -0.15) is 0 Å². The molecule has 1 aromatic rings. The molecule has 1 heterocycles. The van der Waals surface area contributed by atoms with Gasteiger partial charge in [0.1, 0.15) is 5.75 Å². The van der Waals surface area contributed by atoms with Gasteiger partial charge in [-0.1, -0.05) is 12.1 Å². The number of hydrogen-bond donors (Lipinski definition) is 2. The largest absolute Gasteiger partial charge is 0.497 e. The lowest BCUT2D eigenvalue weighted by molar-refractivity contribution is -0.120. The Balaban J connectivity index is 0.00000200. The first-order valence-corrected chi connectivity index (χ1v) is 6.91. The summed E-state index contributed by atoms with van der Waals surface area (Å²) in [6.07, 6.45) is 3.91. The molecule has 0 saturated carbocycles. The molecule has 1 saturated heterocycles. The summed E-state index contributed by atoms with van der Waals surface area (Å²) in [6.45, 7) is 1.86. The van der Waals surface area contributed by atoms with E-state index < -0.39 is 0 Å². The van der Waals surface area contributed by atoms with Gasteiger partial charge >= 0.3 is 0 Å². The molecule has 1 aliphatic rings. The summed E-state index contributed by atoms with van der Waals surface area (Å²) in [7, 11) is 1.63. The number of carbonyl (C=O) groups excluding carboxylic acids is 1. The van der Waals surface area contributed by atoms with Crippen LogP contribution in [0, 0.1) is 0 Å². The molecule has 1 fully saturated rings. The van der Waals surface area contributed by atoms with Crippen LogP contribution in [0.15, 0.2) is 24.3 Å². The van der Waals surface area contributed by atoms with Crippen LogP contribution in [0.25, 0.3) is 0 Å². The van der Waals surface area contributed by atoms with E-state index in [2.05, 4.69) is 10.6 Å². The summed E-state index contributed by atoms with van der Waals surface area (Å²) in [6, 6.07) is 8.22. The second-order valence-electron chi connectivity index (χ2n) is 4.96. The monoisotopic (exact) mass is 298 g/mol. The summed E-state index contributed by atoms with van der Waals surface area (Å²) in [5.41, 5.74) is 0.982. The molecule has 1 amide bonds. The van der Waals surface area contributed by atoms with Crippen molar-refractivity contribution in [2.24, 2.45) is 0 Å². The Bertz CT molecular complexity index is 420. The van der Waals surface area contributed by atoms with Gasteiger partial charge in [0.2, 0.25) is 5.91 Å². The van der Waals surface area contributed by atoms with Crippen LogP contribution >= 0.6 is 12.4 Å². The number of methoxy groups -OCH3 is 1. The molecule has 112 valence electrons. The second kappa shape index (κ2) is 8.82. The van der Waals surface area contributed by atoms with Crippen molar-refractivity contribution in [2.45, 2.75) is 31.7 Å². The minimum atomic E-state index is 0. The van der Waals surface area contributed by atoms with E-state index in [1.54, 1.807) is 7.11 Å². The average molecular weight is 299 g/mol. The van der Waals surface area contributed by atoms with E-state index in [1.807, 2.05) is 24.3 Å². The van der Waals surface area contributed by atoms with E-state index in [0.29, 0.717) is 12.5 Å². The number of rotatable bonds is 6. The van der Waals surface area contributed by atoms with Crippen molar-refractivity contribution in [1.82, 2.24) is 10.6 Å². The van der Waals surface area contributed by atoms with Crippen LogP contribution in [0.5, 0.6) is 5.75 Å². The molecule has 0 aromatic heterocycles. The number of benzene rings is 1. The van der Waals surface area contributed by atoms with E-state index in [4.69, 9.17) is 4.74 Å². The number of hydrogen-bond acceptors (Lipinski definition) is 3. The summed E-state index contributed by atoms with van der Waals surface area (Å²) in [4.78, 5) is 11.8. The predicted octanol–water partition coefficient (Wildman–Crippen LogP) is 1.92. The fourth-order valence-electron chi connectivity index (χ4n) is 2.42. The molecule has 1 atom stereocenters. The number of nitrogens with one attached hydrogen (secondary N) is 2. The van der Waals surface area contributed by atoms with Gasteiger partial charge in [0.05, 0.1) is 13.5 Å². The Kier molecular flexibility index (Phi) is 7.41. The van der Waals surface area contributed by atoms with E-state index >= 15 is 0 Å². The SMILES string of the molecule is COc1cccc(CC(=O)NCC[C@H]2CCCN2)c1.Cl. The minimum absolute atomic E-state index is 0. The highest BCUT2D eigenvalue weighted by molar-refractivity contribution is 5.85. The van der Waals surface area contributed by atoms with Crippen LogP contribution in [0.1, 0.15) is 24.8 Å². The Morgan fingerprint density at radius 1 is 1.50 bits per heavy atom. The molecule has 4 nitrogen and oxygen atoms in total. The molecule has 0 spiro atoms. The Labute approximate surface area is 126 Å². The summed E-state index contributed by atoms with van der Waals surface area (Å²) in [5.74, 6) is 0.867. The molecule has 20 heavy (non-hydrogen) atoms. The lowest BCUT2D eigenvalue weighted by Gasteiger charge is -2.11. The maximum absolute atomic E-state index is 11.8. The zero-order chi connectivity index (χ0) is 13.5. The van der Waals surface area contributed by atoms with Crippen molar-refractivity contribution >= 4 is 18.3 Å². The van der Waals surface area contributed by atoms with E-state index in [1.165, 1.54) is 12.8 Å². The molecule has 1 aromatic carbocycles. The number of amides is 1. The van der Waals surface area contributed by atoms with Crippen molar-refractivity contribution < 1.29 is 9.53 Å². The Morgan fingerprint density at radius 3 is 3.05 bits per heavy atom. The van der Waals surface area contributed by atoms with Gasteiger partial charge in [0, 0.05) is 12.6 Å². The third-order valence-corrected chi connectivity index (χ3v) is 3.48. The van der Waals surface area contributed by atoms with Crippen LogP contribution in [0.4, 0.5) is 0 Å². The first-order valence-electron chi connectivity index (χ1n) is 6.91. The van der Waals surface area contributed by atoms with Gasteiger partial charge in [0.25, 0.3) is 0 Å². The van der Waals surface area contributed by atoms with Crippen molar-refractivity contribution in [3.63, 3.8) is 0 Å². The fraction of sp³-hybridized carbons (Fsp3) is 0.533. The first kappa shape index (κ1) is 16.8. The molecule has 1 aliphatic heterocycles. The van der Waals surface area contributed by atoms with Crippen LogP contribution < -0.4 is 15.4 Å². The molecule has 0 bridgehead atoms. The standard InChI is InChI=1S/C15H22N2O2.ClH/c1-19-14-6-2-4-12(10-14)11-15(18)17-9-7-13-5-3-8-16-13;/h2,4,6,10,13,16H,3,5,7-9,11H2,1H3,(H,17,18);1H/t13-;/m1./s1. The molecule has 2 rings (SSSR count).